The van der Waals surface area contributed by atoms with Gasteiger partial charge in [-0.2, -0.15) is 0 Å². The van der Waals surface area contributed by atoms with Gasteiger partial charge in [-0.3, -0.25) is 0 Å². The summed E-state index contributed by atoms with van der Waals surface area (Å²) < 4.78 is 6.13. The molecule has 3 heteroatoms. The first kappa shape index (κ1) is 18.4. The molecule has 0 radical (unpaired) electrons. The van der Waals surface area contributed by atoms with Crippen molar-refractivity contribution in [1.29, 1.82) is 0 Å². The van der Waals surface area contributed by atoms with Crippen LogP contribution >= 0.6 is 0 Å². The third-order valence-electron chi connectivity index (χ3n) is 3.92. The Labute approximate surface area is 120 Å². The average molecular weight is 285 g/mol. The molecule has 0 bridgehead atoms. The van der Waals surface area contributed by atoms with Crippen LogP contribution < -0.4 is 0 Å². The molecule has 2 nitrogen and oxygen atoms in total. The molecule has 0 rings (SSSR count). The number of rotatable bonds is 5. The zero-order valence-corrected chi connectivity index (χ0v) is 15.1. The fourth-order valence-corrected chi connectivity index (χ4v) is 8.71. The monoisotopic (exact) mass is 284 g/mol. The van der Waals surface area contributed by atoms with Gasteiger partial charge in [-0.15, -0.1) is 0 Å². The molecule has 112 valence electrons. The predicted molar refractivity (Wildman–Crippen MR) is 85.8 cm³/mol. The molecule has 0 saturated carbocycles. The lowest BCUT2D eigenvalue weighted by atomic mass is 10.2. The summed E-state index contributed by atoms with van der Waals surface area (Å²) in [7, 11) is -2.26. The predicted octanol–water partition coefficient (Wildman–Crippen LogP) is 5.45. The normalized spacial score (nSPS) is 13.3. The summed E-state index contributed by atoms with van der Waals surface area (Å²) >= 11 is 0. The molecule has 0 unspecified atom stereocenters. The van der Waals surface area contributed by atoms with Crippen LogP contribution in [0.4, 0.5) is 0 Å². The molecule has 0 spiro atoms. The van der Waals surface area contributed by atoms with E-state index in [0.717, 1.165) is 18.9 Å². The van der Waals surface area contributed by atoms with Gasteiger partial charge < -0.3 is 4.43 Å². The second-order valence-electron chi connectivity index (χ2n) is 7.60. The molecular formula is C16H32O2Si. The number of hydrogen-bond donors (Lipinski definition) is 0. The molecule has 0 aromatic heterocycles. The molecule has 0 saturated heterocycles. The summed E-state index contributed by atoms with van der Waals surface area (Å²) in [4.78, 5) is 12.1. The first-order chi connectivity index (χ1) is 8.39. The molecule has 0 aliphatic rings. The van der Waals surface area contributed by atoms with Crippen molar-refractivity contribution in [2.24, 2.45) is 0 Å². The lowest BCUT2D eigenvalue weighted by Gasteiger charge is -2.50. The van der Waals surface area contributed by atoms with E-state index in [1.165, 1.54) is 0 Å². The maximum Gasteiger partial charge on any atom is 0.319 e. The SMILES string of the molecule is C=C(C)C(=O)O[Si](CCCC)(C(C)(C)C)C(C)(C)C. The van der Waals surface area contributed by atoms with Gasteiger partial charge in [0.25, 0.3) is 8.32 Å². The quantitative estimate of drug-likeness (QED) is 0.495. The summed E-state index contributed by atoms with van der Waals surface area (Å²) in [5, 5.41) is 0.0388. The lowest BCUT2D eigenvalue weighted by Crippen LogP contribution is -2.55. The fraction of sp³-hybridized carbons (Fsp3) is 0.812. The molecule has 0 aromatic rings. The van der Waals surface area contributed by atoms with Crippen LogP contribution in [0.5, 0.6) is 0 Å². The largest absolute Gasteiger partial charge is 0.515 e. The fourth-order valence-electron chi connectivity index (χ4n) is 2.90. The summed E-state index contributed by atoms with van der Waals surface area (Å²) in [5.41, 5.74) is 0.502. The van der Waals surface area contributed by atoms with Crippen molar-refractivity contribution in [3.8, 4) is 0 Å². The van der Waals surface area contributed by atoms with Crippen molar-refractivity contribution in [2.75, 3.05) is 0 Å². The highest BCUT2D eigenvalue weighted by atomic mass is 28.4. The van der Waals surface area contributed by atoms with Gasteiger partial charge in [0.1, 0.15) is 0 Å². The molecular weight excluding hydrogens is 252 g/mol. The van der Waals surface area contributed by atoms with Gasteiger partial charge in [0.15, 0.2) is 0 Å². The Morgan fingerprint density at radius 1 is 1.11 bits per heavy atom. The Morgan fingerprint density at radius 3 is 1.79 bits per heavy atom. The Morgan fingerprint density at radius 2 is 1.53 bits per heavy atom. The topological polar surface area (TPSA) is 26.3 Å². The minimum atomic E-state index is -2.26. The van der Waals surface area contributed by atoms with Gasteiger partial charge in [-0.1, -0.05) is 67.9 Å². The first-order valence-electron chi connectivity index (χ1n) is 7.28. The maximum absolute atomic E-state index is 12.1. The van der Waals surface area contributed by atoms with E-state index in [-0.39, 0.29) is 16.0 Å². The molecule has 0 fully saturated rings. The number of carbonyl (C=O) groups excluding carboxylic acids is 1. The van der Waals surface area contributed by atoms with Gasteiger partial charge in [0, 0.05) is 5.57 Å². The van der Waals surface area contributed by atoms with Gasteiger partial charge in [-0.05, 0) is 23.0 Å². The Bertz CT molecular complexity index is 318. The number of hydrogen-bond acceptors (Lipinski definition) is 2. The van der Waals surface area contributed by atoms with Crippen molar-refractivity contribution in [2.45, 2.75) is 84.4 Å². The van der Waals surface area contributed by atoms with E-state index in [2.05, 4.69) is 55.0 Å². The highest BCUT2D eigenvalue weighted by Gasteiger charge is 2.57. The molecule has 0 N–H and O–H groups in total. The van der Waals surface area contributed by atoms with E-state index in [9.17, 15) is 4.79 Å². The van der Waals surface area contributed by atoms with Crippen molar-refractivity contribution >= 4 is 14.3 Å². The molecule has 19 heavy (non-hydrogen) atoms. The average Bonchev–Trinajstić information content (AvgIpc) is 2.19. The van der Waals surface area contributed by atoms with Crippen LogP contribution in [0.2, 0.25) is 16.1 Å². The summed E-state index contributed by atoms with van der Waals surface area (Å²) in [6.07, 6.45) is 2.25. The second-order valence-corrected chi connectivity index (χ2v) is 13.0. The lowest BCUT2D eigenvalue weighted by molar-refractivity contribution is -0.131. The van der Waals surface area contributed by atoms with Gasteiger partial charge in [0.05, 0.1) is 0 Å². The summed E-state index contributed by atoms with van der Waals surface area (Å²) in [5.74, 6) is -0.215. The Balaban J connectivity index is 5.64. The van der Waals surface area contributed by atoms with Crippen LogP contribution in [-0.2, 0) is 9.22 Å². The van der Waals surface area contributed by atoms with E-state index < -0.39 is 8.32 Å². The van der Waals surface area contributed by atoms with Crippen LogP contribution in [0.1, 0.15) is 68.2 Å². The van der Waals surface area contributed by atoms with Crippen LogP contribution in [0.15, 0.2) is 12.2 Å². The van der Waals surface area contributed by atoms with Crippen molar-refractivity contribution in [1.82, 2.24) is 0 Å². The number of unbranched alkanes of at least 4 members (excludes halogenated alkanes) is 1. The smallest absolute Gasteiger partial charge is 0.319 e. The van der Waals surface area contributed by atoms with E-state index in [4.69, 9.17) is 4.43 Å². The van der Waals surface area contributed by atoms with Gasteiger partial charge in [0.2, 0.25) is 0 Å². The van der Waals surface area contributed by atoms with Crippen LogP contribution in [0, 0.1) is 0 Å². The standard InChI is InChI=1S/C16H32O2Si/c1-10-11-12-19(15(4,5)6,16(7,8)9)18-14(17)13(2)3/h2,10-12H2,1,3-9H3. The van der Waals surface area contributed by atoms with E-state index in [0.29, 0.717) is 5.57 Å². The highest BCUT2D eigenvalue weighted by Crippen LogP contribution is 2.54. The minimum Gasteiger partial charge on any atom is -0.515 e. The second kappa shape index (κ2) is 6.25. The van der Waals surface area contributed by atoms with Crippen LogP contribution in [0.25, 0.3) is 0 Å². The Hall–Kier alpha value is -0.573. The molecule has 0 aliphatic carbocycles. The molecule has 0 aliphatic heterocycles. The van der Waals surface area contributed by atoms with E-state index in [1.807, 2.05) is 0 Å². The van der Waals surface area contributed by atoms with E-state index >= 15 is 0 Å². The first-order valence-corrected chi connectivity index (χ1v) is 9.39. The summed E-state index contributed by atoms with van der Waals surface area (Å²) in [6.45, 7) is 20.9. The minimum absolute atomic E-state index is 0.0194. The summed E-state index contributed by atoms with van der Waals surface area (Å²) in [6, 6.07) is 1.02. The van der Waals surface area contributed by atoms with Gasteiger partial charge >= 0.3 is 5.97 Å². The molecule has 0 heterocycles. The maximum atomic E-state index is 12.1. The van der Waals surface area contributed by atoms with Crippen LogP contribution in [-0.4, -0.2) is 14.3 Å². The molecule has 0 amide bonds. The van der Waals surface area contributed by atoms with Crippen molar-refractivity contribution < 1.29 is 9.22 Å². The zero-order chi connectivity index (χ0) is 15.5. The highest BCUT2D eigenvalue weighted by molar-refractivity contribution is 6.80. The van der Waals surface area contributed by atoms with Crippen LogP contribution in [0.3, 0.4) is 0 Å². The van der Waals surface area contributed by atoms with E-state index in [1.54, 1.807) is 6.92 Å². The third-order valence-corrected chi connectivity index (χ3v) is 10.4. The van der Waals surface area contributed by atoms with Crippen molar-refractivity contribution in [3.05, 3.63) is 12.2 Å². The number of carbonyl (C=O) groups is 1. The molecule has 0 atom stereocenters. The molecule has 0 aromatic carbocycles. The zero-order valence-electron chi connectivity index (χ0n) is 14.1. The van der Waals surface area contributed by atoms with Gasteiger partial charge in [-0.25, -0.2) is 4.79 Å². The Kier molecular flexibility index (Phi) is 6.06. The third kappa shape index (κ3) is 4.20. The van der Waals surface area contributed by atoms with Crippen molar-refractivity contribution in [3.63, 3.8) is 0 Å².